The lowest BCUT2D eigenvalue weighted by Gasteiger charge is -2.29. The molecule has 144 valence electrons. The number of rotatable bonds is 8. The lowest BCUT2D eigenvalue weighted by Crippen LogP contribution is -2.50. The number of nitrogens with one attached hydrogen (secondary N) is 1. The number of benzene rings is 2. The van der Waals surface area contributed by atoms with E-state index in [9.17, 15) is 9.59 Å². The molecule has 0 saturated carbocycles. The van der Waals surface area contributed by atoms with Crippen molar-refractivity contribution in [2.24, 2.45) is 0 Å². The van der Waals surface area contributed by atoms with Gasteiger partial charge in [-0.2, -0.15) is 0 Å². The molecule has 0 saturated heterocycles. The number of amides is 2. The van der Waals surface area contributed by atoms with Crippen LogP contribution in [-0.4, -0.2) is 35.4 Å². The fourth-order valence-corrected chi connectivity index (χ4v) is 2.74. The molecule has 5 heteroatoms. The zero-order chi connectivity index (χ0) is 19.8. The predicted octanol–water partition coefficient (Wildman–Crippen LogP) is 3.32. The number of nitrogens with zero attached hydrogens (tertiary/aromatic N) is 1. The van der Waals surface area contributed by atoms with Crippen molar-refractivity contribution in [2.45, 2.75) is 46.3 Å². The van der Waals surface area contributed by atoms with Gasteiger partial charge in [0.2, 0.25) is 5.91 Å². The minimum atomic E-state index is -0.597. The largest absolute Gasteiger partial charge is 0.484 e. The van der Waals surface area contributed by atoms with Crippen LogP contribution in [0, 0.1) is 6.92 Å². The summed E-state index contributed by atoms with van der Waals surface area (Å²) in [5, 5.41) is 2.88. The van der Waals surface area contributed by atoms with Gasteiger partial charge < -0.3 is 15.0 Å². The molecule has 0 spiro atoms. The number of aryl methyl sites for hydroxylation is 1. The molecule has 0 unspecified atom stereocenters. The Morgan fingerprint density at radius 3 is 2.37 bits per heavy atom. The number of hydrogen-bond acceptors (Lipinski definition) is 3. The standard InChI is InChI=1S/C22H28N2O3/c1-16(2)23-22(26)18(4)24(14-19-10-8-9-17(3)13-19)21(25)15-27-20-11-6-5-7-12-20/h5-13,16,18H,14-15H2,1-4H3,(H,23,26)/t18-/m1/s1. The topological polar surface area (TPSA) is 58.6 Å². The summed E-state index contributed by atoms with van der Waals surface area (Å²) >= 11 is 0. The molecule has 5 nitrogen and oxygen atoms in total. The van der Waals surface area contributed by atoms with E-state index >= 15 is 0 Å². The summed E-state index contributed by atoms with van der Waals surface area (Å²) in [5.41, 5.74) is 2.09. The highest BCUT2D eigenvalue weighted by molar-refractivity contribution is 5.88. The second-order valence-electron chi connectivity index (χ2n) is 6.95. The maximum Gasteiger partial charge on any atom is 0.261 e. The second-order valence-corrected chi connectivity index (χ2v) is 6.95. The van der Waals surface area contributed by atoms with E-state index in [2.05, 4.69) is 5.32 Å². The van der Waals surface area contributed by atoms with E-state index in [1.54, 1.807) is 24.0 Å². The summed E-state index contributed by atoms with van der Waals surface area (Å²) in [5.74, 6) is 0.220. The molecule has 0 fully saturated rings. The molecule has 0 heterocycles. The highest BCUT2D eigenvalue weighted by Gasteiger charge is 2.26. The smallest absolute Gasteiger partial charge is 0.261 e. The Balaban J connectivity index is 2.14. The van der Waals surface area contributed by atoms with Crippen LogP contribution in [-0.2, 0) is 16.1 Å². The fourth-order valence-electron chi connectivity index (χ4n) is 2.74. The monoisotopic (exact) mass is 368 g/mol. The third-order valence-electron chi connectivity index (χ3n) is 4.14. The normalized spacial score (nSPS) is 11.7. The molecular formula is C22H28N2O3. The maximum absolute atomic E-state index is 12.9. The van der Waals surface area contributed by atoms with E-state index in [4.69, 9.17) is 4.74 Å². The molecule has 0 aromatic heterocycles. The van der Waals surface area contributed by atoms with Crippen LogP contribution in [0.25, 0.3) is 0 Å². The summed E-state index contributed by atoms with van der Waals surface area (Å²) in [4.78, 5) is 26.9. The molecule has 0 aliphatic heterocycles. The van der Waals surface area contributed by atoms with Crippen molar-refractivity contribution < 1.29 is 14.3 Å². The van der Waals surface area contributed by atoms with E-state index in [-0.39, 0.29) is 24.5 Å². The first-order valence-corrected chi connectivity index (χ1v) is 9.20. The van der Waals surface area contributed by atoms with Gasteiger partial charge in [0, 0.05) is 12.6 Å². The number of para-hydroxylation sites is 1. The Bertz CT molecular complexity index is 759. The maximum atomic E-state index is 12.9. The van der Waals surface area contributed by atoms with E-state index in [0.29, 0.717) is 12.3 Å². The van der Waals surface area contributed by atoms with Crippen LogP contribution in [0.3, 0.4) is 0 Å². The zero-order valence-electron chi connectivity index (χ0n) is 16.4. The number of carbonyl (C=O) groups excluding carboxylic acids is 2. The molecule has 0 aliphatic carbocycles. The number of carbonyl (C=O) groups is 2. The van der Waals surface area contributed by atoms with Crippen molar-refractivity contribution in [3.05, 3.63) is 65.7 Å². The van der Waals surface area contributed by atoms with Crippen LogP contribution in [0.2, 0.25) is 0 Å². The molecule has 27 heavy (non-hydrogen) atoms. The molecule has 2 aromatic carbocycles. The lowest BCUT2D eigenvalue weighted by molar-refractivity contribution is -0.142. The van der Waals surface area contributed by atoms with Gasteiger partial charge in [0.25, 0.3) is 5.91 Å². The van der Waals surface area contributed by atoms with E-state index in [1.165, 1.54) is 0 Å². The third-order valence-corrected chi connectivity index (χ3v) is 4.14. The number of ether oxygens (including phenoxy) is 1. The molecule has 2 rings (SSSR count). The van der Waals surface area contributed by atoms with Gasteiger partial charge in [0.15, 0.2) is 6.61 Å². The Morgan fingerprint density at radius 1 is 1.04 bits per heavy atom. The van der Waals surface area contributed by atoms with Crippen LogP contribution in [0.5, 0.6) is 5.75 Å². The Morgan fingerprint density at radius 2 is 1.74 bits per heavy atom. The quantitative estimate of drug-likeness (QED) is 0.778. The van der Waals surface area contributed by atoms with Crippen molar-refractivity contribution in [1.82, 2.24) is 10.2 Å². The molecular weight excluding hydrogens is 340 g/mol. The molecule has 0 radical (unpaired) electrons. The van der Waals surface area contributed by atoms with Crippen LogP contribution in [0.15, 0.2) is 54.6 Å². The summed E-state index contributed by atoms with van der Waals surface area (Å²) < 4.78 is 5.60. The summed E-state index contributed by atoms with van der Waals surface area (Å²) in [6, 6.07) is 16.5. The first-order valence-electron chi connectivity index (χ1n) is 9.20. The fraction of sp³-hybridized carbons (Fsp3) is 0.364. The van der Waals surface area contributed by atoms with Gasteiger partial charge in [-0.25, -0.2) is 0 Å². The van der Waals surface area contributed by atoms with Crippen molar-refractivity contribution in [3.63, 3.8) is 0 Å². The zero-order valence-corrected chi connectivity index (χ0v) is 16.4. The van der Waals surface area contributed by atoms with Gasteiger partial charge in [-0.05, 0) is 45.4 Å². The van der Waals surface area contributed by atoms with Crippen LogP contribution in [0.4, 0.5) is 0 Å². The molecule has 2 aromatic rings. The minimum absolute atomic E-state index is 0.0106. The van der Waals surface area contributed by atoms with Crippen molar-refractivity contribution in [3.8, 4) is 5.75 Å². The van der Waals surface area contributed by atoms with Crippen LogP contribution >= 0.6 is 0 Å². The van der Waals surface area contributed by atoms with Gasteiger partial charge >= 0.3 is 0 Å². The number of hydrogen-bond donors (Lipinski definition) is 1. The molecule has 0 bridgehead atoms. The average Bonchev–Trinajstić information content (AvgIpc) is 2.64. The Labute approximate surface area is 161 Å². The Kier molecular flexibility index (Phi) is 7.41. The third kappa shape index (κ3) is 6.44. The van der Waals surface area contributed by atoms with E-state index in [0.717, 1.165) is 11.1 Å². The summed E-state index contributed by atoms with van der Waals surface area (Å²) in [6.45, 7) is 7.78. The van der Waals surface area contributed by atoms with Gasteiger partial charge in [-0.1, -0.05) is 48.0 Å². The minimum Gasteiger partial charge on any atom is -0.484 e. The lowest BCUT2D eigenvalue weighted by atomic mass is 10.1. The van der Waals surface area contributed by atoms with Gasteiger partial charge in [0.1, 0.15) is 11.8 Å². The molecule has 1 N–H and O–H groups in total. The first kappa shape index (κ1) is 20.5. The van der Waals surface area contributed by atoms with Gasteiger partial charge in [-0.3, -0.25) is 9.59 Å². The van der Waals surface area contributed by atoms with Crippen LogP contribution < -0.4 is 10.1 Å². The van der Waals surface area contributed by atoms with Crippen LogP contribution in [0.1, 0.15) is 31.9 Å². The molecule has 1 atom stereocenters. The summed E-state index contributed by atoms with van der Waals surface area (Å²) in [7, 11) is 0. The van der Waals surface area contributed by atoms with Crippen molar-refractivity contribution in [2.75, 3.05) is 6.61 Å². The predicted molar refractivity (Wildman–Crippen MR) is 106 cm³/mol. The summed E-state index contributed by atoms with van der Waals surface area (Å²) in [6.07, 6.45) is 0. The highest BCUT2D eigenvalue weighted by atomic mass is 16.5. The van der Waals surface area contributed by atoms with E-state index < -0.39 is 6.04 Å². The van der Waals surface area contributed by atoms with Gasteiger partial charge in [0.05, 0.1) is 0 Å². The van der Waals surface area contributed by atoms with Crippen molar-refractivity contribution in [1.29, 1.82) is 0 Å². The van der Waals surface area contributed by atoms with Gasteiger partial charge in [-0.15, -0.1) is 0 Å². The second kappa shape index (κ2) is 9.76. The molecule has 2 amide bonds. The van der Waals surface area contributed by atoms with Crippen molar-refractivity contribution >= 4 is 11.8 Å². The highest BCUT2D eigenvalue weighted by Crippen LogP contribution is 2.13. The van der Waals surface area contributed by atoms with E-state index in [1.807, 2.05) is 63.2 Å². The first-order chi connectivity index (χ1) is 12.9. The molecule has 0 aliphatic rings. The SMILES string of the molecule is Cc1cccc(CN(C(=O)COc2ccccc2)[C@H](C)C(=O)NC(C)C)c1. The Hall–Kier alpha value is -2.82. The average molecular weight is 368 g/mol.